The molecule has 0 atom stereocenters. The number of carboxylic acids is 2. The number of nitrogens with one attached hydrogen (secondary N) is 1. The Morgan fingerprint density at radius 2 is 1.69 bits per heavy atom. The standard InChI is InChI=1S/C20H24ClN5O2.C4H4O4/c1-13-16-18(27)19(28)17(14-5-3-4-6-15(14)21)22-20(16)26(23-13)12-11-25-9-7-24(2)8-10-25;5-3(6)1-2-4(7)8/h3-6,28H,7-12H2,1-2H3,(H,22,27);1-2H,(H,5,6)(H,7,8)/b;2-1+. The van der Waals surface area contributed by atoms with E-state index in [0.29, 0.717) is 51.7 Å². The van der Waals surface area contributed by atoms with Gasteiger partial charge >= 0.3 is 11.9 Å². The number of aliphatic carboxylic acids is 2. The Morgan fingerprint density at radius 1 is 1.08 bits per heavy atom. The van der Waals surface area contributed by atoms with Crippen LogP contribution in [-0.4, -0.2) is 91.6 Å². The van der Waals surface area contributed by atoms with Crippen LogP contribution in [0.3, 0.4) is 0 Å². The normalized spacial score (nSPS) is 14.6. The Balaban J connectivity index is 0.000000392. The number of piperazine rings is 1. The summed E-state index contributed by atoms with van der Waals surface area (Å²) in [6.45, 7) is 7.47. The minimum absolute atomic E-state index is 0.323. The number of halogens is 1. The molecule has 4 rings (SSSR count). The van der Waals surface area contributed by atoms with Gasteiger partial charge in [-0.2, -0.15) is 5.10 Å². The zero-order valence-electron chi connectivity index (χ0n) is 19.9. The highest BCUT2D eigenvalue weighted by Gasteiger charge is 2.21. The molecule has 36 heavy (non-hydrogen) atoms. The van der Waals surface area contributed by atoms with E-state index >= 15 is 0 Å². The molecule has 1 aromatic carbocycles. The van der Waals surface area contributed by atoms with Crippen LogP contribution in [0.15, 0.2) is 41.2 Å². The molecule has 1 aliphatic heterocycles. The minimum Gasteiger partial charge on any atom is -0.503 e. The smallest absolute Gasteiger partial charge is 0.328 e. The molecule has 1 aliphatic rings. The lowest BCUT2D eigenvalue weighted by atomic mass is 10.1. The molecule has 12 heteroatoms. The monoisotopic (exact) mass is 517 g/mol. The van der Waals surface area contributed by atoms with E-state index in [1.807, 2.05) is 16.8 Å². The summed E-state index contributed by atoms with van der Waals surface area (Å²) in [6, 6.07) is 7.13. The van der Waals surface area contributed by atoms with E-state index in [9.17, 15) is 19.5 Å². The van der Waals surface area contributed by atoms with Crippen molar-refractivity contribution in [2.24, 2.45) is 0 Å². The summed E-state index contributed by atoms with van der Waals surface area (Å²) < 4.78 is 1.82. The lowest BCUT2D eigenvalue weighted by Gasteiger charge is -2.32. The van der Waals surface area contributed by atoms with Gasteiger partial charge in [0.1, 0.15) is 5.65 Å². The topological polar surface area (TPSA) is 152 Å². The number of fused-ring (bicyclic) bond motifs is 1. The van der Waals surface area contributed by atoms with Crippen molar-refractivity contribution in [1.82, 2.24) is 24.6 Å². The zero-order valence-corrected chi connectivity index (χ0v) is 20.7. The number of carbonyl (C=O) groups is 2. The summed E-state index contributed by atoms with van der Waals surface area (Å²) >= 11 is 6.29. The fourth-order valence-electron chi connectivity index (χ4n) is 3.86. The first-order valence-corrected chi connectivity index (χ1v) is 11.6. The van der Waals surface area contributed by atoms with Gasteiger partial charge in [-0.15, -0.1) is 0 Å². The van der Waals surface area contributed by atoms with Gasteiger partial charge in [0.15, 0.2) is 5.75 Å². The van der Waals surface area contributed by atoms with Gasteiger partial charge < -0.3 is 25.2 Å². The number of carboxylic acid groups (broad SMARTS) is 2. The number of rotatable bonds is 6. The van der Waals surface area contributed by atoms with Crippen LogP contribution in [0.1, 0.15) is 5.69 Å². The minimum atomic E-state index is -1.26. The third-order valence-corrected chi connectivity index (χ3v) is 6.11. The third kappa shape index (κ3) is 6.51. The molecule has 192 valence electrons. The first-order valence-electron chi connectivity index (χ1n) is 11.2. The van der Waals surface area contributed by atoms with Crippen LogP contribution in [0, 0.1) is 6.92 Å². The van der Waals surface area contributed by atoms with Gasteiger partial charge in [-0.05, 0) is 20.0 Å². The largest absolute Gasteiger partial charge is 0.503 e. The number of benzene rings is 1. The number of nitrogens with zero attached hydrogens (tertiary/aromatic N) is 4. The Kier molecular flexibility index (Phi) is 8.86. The van der Waals surface area contributed by atoms with E-state index in [1.165, 1.54) is 0 Å². The first kappa shape index (κ1) is 26.9. The lowest BCUT2D eigenvalue weighted by Crippen LogP contribution is -2.45. The van der Waals surface area contributed by atoms with Crippen LogP contribution >= 0.6 is 11.6 Å². The van der Waals surface area contributed by atoms with Crippen LogP contribution in [-0.2, 0) is 16.1 Å². The van der Waals surface area contributed by atoms with E-state index in [-0.39, 0.29) is 5.75 Å². The molecular weight excluding hydrogens is 490 g/mol. The van der Waals surface area contributed by atoms with Gasteiger partial charge in [-0.25, -0.2) is 14.3 Å². The van der Waals surface area contributed by atoms with E-state index in [0.717, 1.165) is 32.7 Å². The summed E-state index contributed by atoms with van der Waals surface area (Å²) in [7, 11) is 2.13. The Bertz CT molecular complexity index is 1320. The second-order valence-electron chi connectivity index (χ2n) is 8.34. The van der Waals surface area contributed by atoms with Crippen LogP contribution in [0.25, 0.3) is 22.3 Å². The molecule has 4 N–H and O–H groups in total. The number of hydrogen-bond donors (Lipinski definition) is 4. The Hall–Kier alpha value is -3.67. The fraction of sp³-hybridized carbons (Fsp3) is 0.333. The molecule has 2 aromatic heterocycles. The molecule has 3 heterocycles. The number of hydrogen-bond acceptors (Lipinski definition) is 7. The van der Waals surface area contributed by atoms with Crippen molar-refractivity contribution in [3.63, 3.8) is 0 Å². The van der Waals surface area contributed by atoms with Crippen molar-refractivity contribution in [3.05, 3.63) is 57.4 Å². The molecule has 11 nitrogen and oxygen atoms in total. The van der Waals surface area contributed by atoms with Crippen molar-refractivity contribution in [3.8, 4) is 17.0 Å². The van der Waals surface area contributed by atoms with E-state index in [1.54, 1.807) is 19.1 Å². The summed E-state index contributed by atoms with van der Waals surface area (Å²) in [5.74, 6) is -2.85. The number of H-pyrrole nitrogens is 1. The van der Waals surface area contributed by atoms with Gasteiger partial charge in [-0.3, -0.25) is 9.69 Å². The molecule has 1 saturated heterocycles. The highest BCUT2D eigenvalue weighted by atomic mass is 35.5. The number of aromatic amines is 1. The third-order valence-electron chi connectivity index (χ3n) is 5.79. The predicted molar refractivity (Wildman–Crippen MR) is 136 cm³/mol. The van der Waals surface area contributed by atoms with Gasteiger partial charge in [-0.1, -0.05) is 29.8 Å². The molecular formula is C24H28ClN5O6. The Morgan fingerprint density at radius 3 is 2.28 bits per heavy atom. The van der Waals surface area contributed by atoms with E-state index in [4.69, 9.17) is 21.8 Å². The average Bonchev–Trinajstić information content (AvgIpc) is 3.15. The fourth-order valence-corrected chi connectivity index (χ4v) is 4.09. The van der Waals surface area contributed by atoms with Crippen molar-refractivity contribution < 1.29 is 24.9 Å². The predicted octanol–water partition coefficient (Wildman–Crippen LogP) is 2.02. The molecule has 3 aromatic rings. The number of aromatic nitrogens is 3. The second kappa shape index (κ2) is 11.8. The van der Waals surface area contributed by atoms with E-state index in [2.05, 4.69) is 26.9 Å². The molecule has 0 amide bonds. The van der Waals surface area contributed by atoms with Crippen molar-refractivity contribution in [1.29, 1.82) is 0 Å². The van der Waals surface area contributed by atoms with Gasteiger partial charge in [0.05, 0.1) is 28.3 Å². The van der Waals surface area contributed by atoms with E-state index < -0.39 is 17.4 Å². The summed E-state index contributed by atoms with van der Waals surface area (Å²) in [5.41, 5.74) is 1.71. The van der Waals surface area contributed by atoms with Gasteiger partial charge in [0, 0.05) is 50.4 Å². The average molecular weight is 518 g/mol. The summed E-state index contributed by atoms with van der Waals surface area (Å²) in [5, 5.41) is 31.6. The molecule has 0 unspecified atom stereocenters. The molecule has 1 fully saturated rings. The van der Waals surface area contributed by atoms with Crippen LogP contribution in [0.5, 0.6) is 5.75 Å². The lowest BCUT2D eigenvalue weighted by molar-refractivity contribution is -0.134. The maximum atomic E-state index is 12.8. The van der Waals surface area contributed by atoms with Crippen LogP contribution in [0.4, 0.5) is 0 Å². The maximum Gasteiger partial charge on any atom is 0.328 e. The first-order chi connectivity index (χ1) is 17.1. The highest BCUT2D eigenvalue weighted by Crippen LogP contribution is 2.32. The molecule has 0 bridgehead atoms. The Labute approximate surface area is 211 Å². The van der Waals surface area contributed by atoms with Crippen molar-refractivity contribution in [2.45, 2.75) is 13.5 Å². The second-order valence-corrected chi connectivity index (χ2v) is 8.75. The number of aryl methyl sites for hydroxylation is 1. The number of aromatic hydroxyl groups is 1. The van der Waals surface area contributed by atoms with Crippen LogP contribution < -0.4 is 5.43 Å². The molecule has 0 saturated carbocycles. The number of pyridine rings is 1. The molecule has 0 aliphatic carbocycles. The van der Waals surface area contributed by atoms with Gasteiger partial charge in [0.2, 0.25) is 5.43 Å². The molecule has 0 spiro atoms. The zero-order chi connectivity index (χ0) is 26.4. The SMILES string of the molecule is Cc1nn(CCN2CCN(C)CC2)c2[nH]c(-c3ccccc3Cl)c(O)c(=O)c12.O=C(O)/C=C/C(=O)O. The quantitative estimate of drug-likeness (QED) is 0.360. The van der Waals surface area contributed by atoms with Crippen molar-refractivity contribution >= 4 is 34.6 Å². The summed E-state index contributed by atoms with van der Waals surface area (Å²) in [4.78, 5) is 39.9. The van der Waals surface area contributed by atoms with Gasteiger partial charge in [0.25, 0.3) is 0 Å². The highest BCUT2D eigenvalue weighted by molar-refractivity contribution is 6.33. The summed E-state index contributed by atoms with van der Waals surface area (Å²) in [6.07, 6.45) is 1.12. The van der Waals surface area contributed by atoms with Crippen LogP contribution in [0.2, 0.25) is 5.02 Å². The van der Waals surface area contributed by atoms with Crippen molar-refractivity contribution in [2.75, 3.05) is 39.8 Å². The number of likely N-dealkylation sites (N-methyl/N-ethyl adjacent to an activating group) is 1. The molecule has 0 radical (unpaired) electrons. The maximum absolute atomic E-state index is 12.8.